The van der Waals surface area contributed by atoms with Crippen molar-refractivity contribution in [2.24, 2.45) is 0 Å². The molecule has 0 radical (unpaired) electrons. The van der Waals surface area contributed by atoms with Crippen molar-refractivity contribution in [3.8, 4) is 0 Å². The van der Waals surface area contributed by atoms with E-state index in [1.165, 1.54) is 19.3 Å². The average Bonchev–Trinajstić information content (AvgIpc) is 2.34. The smallest absolute Gasteiger partial charge is 0.110 e. The molecule has 0 spiro atoms. The number of nitrogens with zero attached hydrogens (tertiary/aromatic N) is 1. The summed E-state index contributed by atoms with van der Waals surface area (Å²) >= 11 is 5.36. The van der Waals surface area contributed by atoms with Gasteiger partial charge in [-0.3, -0.25) is 0 Å². The van der Waals surface area contributed by atoms with Crippen LogP contribution in [0.1, 0.15) is 33.1 Å². The van der Waals surface area contributed by atoms with Crippen molar-refractivity contribution >= 4 is 27.7 Å². The van der Waals surface area contributed by atoms with Crippen molar-refractivity contribution in [3.05, 3.63) is 22.8 Å². The Balaban J connectivity index is 2.42. The first kappa shape index (κ1) is 15.0. The zero-order valence-corrected chi connectivity index (χ0v) is 13.0. The molecule has 0 aromatic carbocycles. The maximum absolute atomic E-state index is 4.38. The summed E-state index contributed by atoms with van der Waals surface area (Å²) in [5.41, 5.74) is 0. The summed E-state index contributed by atoms with van der Waals surface area (Å²) in [6, 6.07) is 4.59. The molecular formula is C13H21BrN2S. The fourth-order valence-electron chi connectivity index (χ4n) is 1.60. The van der Waals surface area contributed by atoms with Gasteiger partial charge in [0.1, 0.15) is 5.03 Å². The number of aromatic nitrogens is 1. The summed E-state index contributed by atoms with van der Waals surface area (Å²) in [6.07, 6.45) is 5.50. The number of pyridine rings is 1. The zero-order chi connectivity index (χ0) is 12.5. The SMILES string of the molecule is CCCNC(CCC)CSc1ncccc1Br. The van der Waals surface area contributed by atoms with E-state index in [-0.39, 0.29) is 0 Å². The molecule has 4 heteroatoms. The largest absolute Gasteiger partial charge is 0.313 e. The Morgan fingerprint density at radius 1 is 1.41 bits per heavy atom. The van der Waals surface area contributed by atoms with Gasteiger partial charge >= 0.3 is 0 Å². The van der Waals surface area contributed by atoms with Crippen molar-refractivity contribution < 1.29 is 0 Å². The van der Waals surface area contributed by atoms with Gasteiger partial charge in [0.25, 0.3) is 0 Å². The molecule has 0 saturated heterocycles. The van der Waals surface area contributed by atoms with Gasteiger partial charge in [-0.15, -0.1) is 11.8 Å². The van der Waals surface area contributed by atoms with E-state index >= 15 is 0 Å². The molecule has 2 nitrogen and oxygen atoms in total. The second-order valence-electron chi connectivity index (χ2n) is 4.04. The summed E-state index contributed by atoms with van der Waals surface area (Å²) in [5.74, 6) is 1.09. The van der Waals surface area contributed by atoms with E-state index in [0.29, 0.717) is 6.04 Å². The Labute approximate surface area is 117 Å². The molecule has 0 fully saturated rings. The van der Waals surface area contributed by atoms with Gasteiger partial charge in [0.2, 0.25) is 0 Å². The van der Waals surface area contributed by atoms with E-state index in [1.807, 2.05) is 30.1 Å². The summed E-state index contributed by atoms with van der Waals surface area (Å²) in [4.78, 5) is 4.38. The highest BCUT2D eigenvalue weighted by Gasteiger charge is 2.09. The number of halogens is 1. The second-order valence-corrected chi connectivity index (χ2v) is 5.90. The molecule has 17 heavy (non-hydrogen) atoms. The maximum Gasteiger partial charge on any atom is 0.110 e. The van der Waals surface area contributed by atoms with Gasteiger partial charge in [0, 0.05) is 22.5 Å². The van der Waals surface area contributed by atoms with Crippen LogP contribution in [0.2, 0.25) is 0 Å². The quantitative estimate of drug-likeness (QED) is 0.731. The van der Waals surface area contributed by atoms with Crippen LogP contribution < -0.4 is 5.32 Å². The number of hydrogen-bond donors (Lipinski definition) is 1. The highest BCUT2D eigenvalue weighted by molar-refractivity contribution is 9.10. The minimum atomic E-state index is 0.596. The highest BCUT2D eigenvalue weighted by Crippen LogP contribution is 2.25. The third-order valence-electron chi connectivity index (χ3n) is 2.47. The lowest BCUT2D eigenvalue weighted by Gasteiger charge is -2.17. The van der Waals surface area contributed by atoms with Gasteiger partial charge in [0.05, 0.1) is 0 Å². The molecule has 0 saturated carbocycles. The van der Waals surface area contributed by atoms with Crippen LogP contribution >= 0.6 is 27.7 Å². The first-order valence-corrected chi connectivity index (χ1v) is 8.02. The van der Waals surface area contributed by atoms with E-state index in [0.717, 1.165) is 21.8 Å². The van der Waals surface area contributed by atoms with Crippen LogP contribution in [0.4, 0.5) is 0 Å². The number of thioether (sulfide) groups is 1. The van der Waals surface area contributed by atoms with Gasteiger partial charge in [-0.2, -0.15) is 0 Å². The molecule has 1 rings (SSSR count). The van der Waals surface area contributed by atoms with Crippen LogP contribution in [-0.2, 0) is 0 Å². The van der Waals surface area contributed by atoms with E-state index < -0.39 is 0 Å². The van der Waals surface area contributed by atoms with Crippen molar-refractivity contribution in [2.45, 2.75) is 44.2 Å². The topological polar surface area (TPSA) is 24.9 Å². The number of nitrogens with one attached hydrogen (secondary N) is 1. The van der Waals surface area contributed by atoms with Crippen LogP contribution in [0, 0.1) is 0 Å². The Morgan fingerprint density at radius 2 is 2.24 bits per heavy atom. The predicted octanol–water partition coefficient (Wildman–Crippen LogP) is 4.10. The maximum atomic E-state index is 4.38. The number of rotatable bonds is 8. The van der Waals surface area contributed by atoms with Crippen molar-refractivity contribution in [1.82, 2.24) is 10.3 Å². The van der Waals surface area contributed by atoms with Crippen LogP contribution in [-0.4, -0.2) is 23.3 Å². The molecule has 1 aromatic heterocycles. The standard InChI is InChI=1S/C13H21BrN2S/c1-3-6-11(15-8-4-2)10-17-13-12(14)7-5-9-16-13/h5,7,9,11,15H,3-4,6,8,10H2,1-2H3. The van der Waals surface area contributed by atoms with Crippen molar-refractivity contribution in [3.63, 3.8) is 0 Å². The Bertz CT molecular complexity index is 320. The molecule has 1 aromatic rings. The van der Waals surface area contributed by atoms with Crippen molar-refractivity contribution in [2.75, 3.05) is 12.3 Å². The first-order chi connectivity index (χ1) is 8.27. The average molecular weight is 317 g/mol. The molecule has 0 aliphatic heterocycles. The molecule has 1 heterocycles. The van der Waals surface area contributed by atoms with Gasteiger partial charge in [-0.05, 0) is 47.4 Å². The molecule has 96 valence electrons. The summed E-state index contributed by atoms with van der Waals surface area (Å²) < 4.78 is 1.09. The minimum absolute atomic E-state index is 0.596. The van der Waals surface area contributed by atoms with E-state index in [4.69, 9.17) is 0 Å². The first-order valence-electron chi connectivity index (χ1n) is 6.24. The second kappa shape index (κ2) is 8.95. The molecule has 1 unspecified atom stereocenters. The molecule has 0 amide bonds. The van der Waals surface area contributed by atoms with E-state index in [2.05, 4.69) is 40.1 Å². The van der Waals surface area contributed by atoms with Crippen LogP contribution in [0.5, 0.6) is 0 Å². The number of hydrogen-bond acceptors (Lipinski definition) is 3. The zero-order valence-electron chi connectivity index (χ0n) is 10.6. The van der Waals surface area contributed by atoms with Gasteiger partial charge < -0.3 is 5.32 Å². The van der Waals surface area contributed by atoms with Crippen LogP contribution in [0.15, 0.2) is 27.8 Å². The van der Waals surface area contributed by atoms with Gasteiger partial charge in [0.15, 0.2) is 0 Å². The lowest BCUT2D eigenvalue weighted by Crippen LogP contribution is -2.31. The third kappa shape index (κ3) is 5.89. The Hall–Kier alpha value is -0.0600. The Morgan fingerprint density at radius 3 is 2.88 bits per heavy atom. The predicted molar refractivity (Wildman–Crippen MR) is 79.7 cm³/mol. The van der Waals surface area contributed by atoms with Crippen LogP contribution in [0.25, 0.3) is 0 Å². The van der Waals surface area contributed by atoms with Gasteiger partial charge in [-0.25, -0.2) is 4.98 Å². The fraction of sp³-hybridized carbons (Fsp3) is 0.615. The van der Waals surface area contributed by atoms with Crippen molar-refractivity contribution in [1.29, 1.82) is 0 Å². The molecule has 0 bridgehead atoms. The van der Waals surface area contributed by atoms with Gasteiger partial charge in [-0.1, -0.05) is 20.3 Å². The minimum Gasteiger partial charge on any atom is -0.313 e. The monoisotopic (exact) mass is 316 g/mol. The van der Waals surface area contributed by atoms with Crippen LogP contribution in [0.3, 0.4) is 0 Å². The summed E-state index contributed by atoms with van der Waals surface area (Å²) in [6.45, 7) is 5.55. The molecule has 1 atom stereocenters. The molecule has 1 N–H and O–H groups in total. The Kier molecular flexibility index (Phi) is 7.90. The normalized spacial score (nSPS) is 12.6. The molecule has 0 aliphatic carbocycles. The summed E-state index contributed by atoms with van der Waals surface area (Å²) in [7, 11) is 0. The van der Waals surface area contributed by atoms with E-state index in [1.54, 1.807) is 0 Å². The lowest BCUT2D eigenvalue weighted by molar-refractivity contribution is 0.514. The fourth-order valence-corrected chi connectivity index (χ4v) is 3.18. The highest BCUT2D eigenvalue weighted by atomic mass is 79.9. The molecule has 0 aliphatic rings. The summed E-state index contributed by atoms with van der Waals surface area (Å²) in [5, 5.41) is 4.69. The lowest BCUT2D eigenvalue weighted by atomic mass is 10.2. The third-order valence-corrected chi connectivity index (χ3v) is 4.54. The van der Waals surface area contributed by atoms with E-state index in [9.17, 15) is 0 Å². The molecular weight excluding hydrogens is 296 g/mol.